The van der Waals surface area contributed by atoms with Gasteiger partial charge in [0.1, 0.15) is 18.1 Å². The lowest BCUT2D eigenvalue weighted by molar-refractivity contribution is 0.0946. The van der Waals surface area contributed by atoms with E-state index in [1.54, 1.807) is 12.1 Å². The fourth-order valence-electron chi connectivity index (χ4n) is 2.75. The van der Waals surface area contributed by atoms with E-state index in [4.69, 9.17) is 23.7 Å². The molecule has 0 aliphatic rings. The highest BCUT2D eigenvalue weighted by Crippen LogP contribution is 2.39. The molecular weight excluding hydrogens is 386 g/mol. The molecule has 164 valence electrons. The first-order valence-electron chi connectivity index (χ1n) is 10.3. The Hall–Kier alpha value is -3.09. The van der Waals surface area contributed by atoms with Gasteiger partial charge < -0.3 is 29.0 Å². The summed E-state index contributed by atoms with van der Waals surface area (Å²) in [7, 11) is 0. The Morgan fingerprint density at radius 2 is 1.23 bits per heavy atom. The van der Waals surface area contributed by atoms with Crippen LogP contribution in [0.4, 0.5) is 0 Å². The number of hydrogen-bond donors (Lipinski definition) is 1. The standard InChI is InChI=1S/C23H31NO6/c1-5-26-18-9-11-19(12-10-18)30-14-13-24-23(25)17-15-20(27-6-2)22(29-8-4)21(16-17)28-7-3/h9-12,15-16H,5-8,13-14H2,1-4H3,(H,24,25). The number of amides is 1. The fraction of sp³-hybridized carbons (Fsp3) is 0.435. The van der Waals surface area contributed by atoms with Crippen LogP contribution < -0.4 is 29.0 Å². The van der Waals surface area contributed by atoms with E-state index in [2.05, 4.69) is 5.32 Å². The first kappa shape index (κ1) is 23.2. The highest BCUT2D eigenvalue weighted by molar-refractivity contribution is 5.95. The van der Waals surface area contributed by atoms with E-state index in [9.17, 15) is 4.79 Å². The zero-order chi connectivity index (χ0) is 21.8. The molecule has 0 aliphatic carbocycles. The lowest BCUT2D eigenvalue weighted by Crippen LogP contribution is -2.28. The first-order chi connectivity index (χ1) is 14.6. The van der Waals surface area contributed by atoms with Crippen molar-refractivity contribution < 1.29 is 28.5 Å². The molecule has 2 rings (SSSR count). The molecule has 30 heavy (non-hydrogen) atoms. The minimum Gasteiger partial charge on any atom is -0.494 e. The highest BCUT2D eigenvalue weighted by Gasteiger charge is 2.18. The number of nitrogens with one attached hydrogen (secondary N) is 1. The second kappa shape index (κ2) is 12.5. The van der Waals surface area contributed by atoms with E-state index in [0.717, 1.165) is 5.75 Å². The van der Waals surface area contributed by atoms with Gasteiger partial charge in [-0.1, -0.05) is 0 Å². The van der Waals surface area contributed by atoms with Crippen LogP contribution in [-0.2, 0) is 0 Å². The summed E-state index contributed by atoms with van der Waals surface area (Å²) in [5.41, 5.74) is 0.437. The monoisotopic (exact) mass is 417 g/mol. The zero-order valence-electron chi connectivity index (χ0n) is 18.2. The quantitative estimate of drug-likeness (QED) is 0.495. The molecule has 0 aromatic heterocycles. The third-order valence-electron chi connectivity index (χ3n) is 3.96. The molecule has 7 nitrogen and oxygen atoms in total. The third kappa shape index (κ3) is 6.76. The van der Waals surface area contributed by atoms with Crippen LogP contribution in [-0.4, -0.2) is 45.5 Å². The van der Waals surface area contributed by atoms with Crippen molar-refractivity contribution in [1.29, 1.82) is 0 Å². The Bertz CT molecular complexity index is 764. The maximum absolute atomic E-state index is 12.6. The third-order valence-corrected chi connectivity index (χ3v) is 3.96. The lowest BCUT2D eigenvalue weighted by atomic mass is 10.1. The van der Waals surface area contributed by atoms with Crippen LogP contribution in [0.15, 0.2) is 36.4 Å². The number of carbonyl (C=O) groups excluding carboxylic acids is 1. The van der Waals surface area contributed by atoms with Crippen LogP contribution in [0.3, 0.4) is 0 Å². The molecule has 0 unspecified atom stereocenters. The summed E-state index contributed by atoms with van der Waals surface area (Å²) in [5, 5.41) is 2.85. The number of carbonyl (C=O) groups is 1. The molecule has 1 N–H and O–H groups in total. The number of hydrogen-bond acceptors (Lipinski definition) is 6. The molecular formula is C23H31NO6. The number of ether oxygens (including phenoxy) is 5. The summed E-state index contributed by atoms with van der Waals surface area (Å²) < 4.78 is 28.0. The Morgan fingerprint density at radius 1 is 0.733 bits per heavy atom. The van der Waals surface area contributed by atoms with Crippen molar-refractivity contribution in [3.05, 3.63) is 42.0 Å². The molecule has 0 saturated carbocycles. The molecule has 0 fully saturated rings. The second-order valence-electron chi connectivity index (χ2n) is 6.11. The van der Waals surface area contributed by atoms with Gasteiger partial charge in [-0.15, -0.1) is 0 Å². The van der Waals surface area contributed by atoms with Crippen molar-refractivity contribution in [2.24, 2.45) is 0 Å². The minimum absolute atomic E-state index is 0.241. The summed E-state index contributed by atoms with van der Waals surface area (Å²) in [5.74, 6) is 2.75. The van der Waals surface area contributed by atoms with E-state index < -0.39 is 0 Å². The molecule has 0 saturated heterocycles. The van der Waals surface area contributed by atoms with Crippen molar-refractivity contribution >= 4 is 5.91 Å². The van der Waals surface area contributed by atoms with E-state index in [1.165, 1.54) is 0 Å². The van der Waals surface area contributed by atoms with E-state index in [-0.39, 0.29) is 5.91 Å². The topological polar surface area (TPSA) is 75.3 Å². The van der Waals surface area contributed by atoms with E-state index >= 15 is 0 Å². The van der Waals surface area contributed by atoms with Crippen LogP contribution in [0, 0.1) is 0 Å². The molecule has 0 atom stereocenters. The lowest BCUT2D eigenvalue weighted by Gasteiger charge is -2.17. The Morgan fingerprint density at radius 3 is 1.73 bits per heavy atom. The Kier molecular flexibility index (Phi) is 9.64. The maximum atomic E-state index is 12.6. The summed E-state index contributed by atoms with van der Waals surface area (Å²) in [4.78, 5) is 12.6. The molecule has 0 spiro atoms. The van der Waals surface area contributed by atoms with Gasteiger partial charge in [0.15, 0.2) is 11.5 Å². The SMILES string of the molecule is CCOc1ccc(OCCNC(=O)c2cc(OCC)c(OCC)c(OCC)c2)cc1. The largest absolute Gasteiger partial charge is 0.494 e. The van der Waals surface area contributed by atoms with Gasteiger partial charge in [-0.3, -0.25) is 4.79 Å². The minimum atomic E-state index is -0.241. The highest BCUT2D eigenvalue weighted by atomic mass is 16.5. The van der Waals surface area contributed by atoms with Crippen LogP contribution in [0.1, 0.15) is 38.1 Å². The van der Waals surface area contributed by atoms with Crippen LogP contribution >= 0.6 is 0 Å². The molecule has 0 bridgehead atoms. The molecule has 2 aromatic carbocycles. The summed E-state index contributed by atoms with van der Waals surface area (Å²) >= 11 is 0. The van der Waals surface area contributed by atoms with Crippen molar-refractivity contribution in [3.8, 4) is 28.7 Å². The second-order valence-corrected chi connectivity index (χ2v) is 6.11. The Balaban J connectivity index is 1.98. The predicted molar refractivity (Wildman–Crippen MR) is 115 cm³/mol. The summed E-state index contributed by atoms with van der Waals surface area (Å²) in [6.07, 6.45) is 0. The normalized spacial score (nSPS) is 10.3. The molecule has 7 heteroatoms. The predicted octanol–water partition coefficient (Wildman–Crippen LogP) is 4.09. The van der Waals surface area contributed by atoms with Crippen molar-refractivity contribution in [2.75, 3.05) is 39.6 Å². The number of rotatable bonds is 13. The van der Waals surface area contributed by atoms with Gasteiger partial charge in [-0.25, -0.2) is 0 Å². The van der Waals surface area contributed by atoms with Gasteiger partial charge in [0.25, 0.3) is 5.91 Å². The van der Waals surface area contributed by atoms with Crippen molar-refractivity contribution in [1.82, 2.24) is 5.32 Å². The Labute approximate surface area is 178 Å². The van der Waals surface area contributed by atoms with Crippen LogP contribution in [0.2, 0.25) is 0 Å². The average Bonchev–Trinajstić information content (AvgIpc) is 2.75. The van der Waals surface area contributed by atoms with Gasteiger partial charge in [0.05, 0.1) is 33.0 Å². The molecule has 0 heterocycles. The van der Waals surface area contributed by atoms with Crippen molar-refractivity contribution in [2.45, 2.75) is 27.7 Å². The summed E-state index contributed by atoms with van der Waals surface area (Å²) in [6.45, 7) is 10.3. The van der Waals surface area contributed by atoms with Gasteiger partial charge >= 0.3 is 0 Å². The maximum Gasteiger partial charge on any atom is 0.251 e. The molecule has 1 amide bonds. The van der Waals surface area contributed by atoms with Crippen LogP contribution in [0.5, 0.6) is 28.7 Å². The smallest absolute Gasteiger partial charge is 0.251 e. The van der Waals surface area contributed by atoms with Crippen molar-refractivity contribution in [3.63, 3.8) is 0 Å². The van der Waals surface area contributed by atoms with E-state index in [1.807, 2.05) is 52.0 Å². The van der Waals surface area contributed by atoms with Gasteiger partial charge in [0, 0.05) is 5.56 Å². The first-order valence-corrected chi connectivity index (χ1v) is 10.3. The zero-order valence-corrected chi connectivity index (χ0v) is 18.2. The molecule has 0 aliphatic heterocycles. The average molecular weight is 418 g/mol. The molecule has 0 radical (unpaired) electrons. The number of benzene rings is 2. The van der Waals surface area contributed by atoms with E-state index in [0.29, 0.717) is 68.1 Å². The van der Waals surface area contributed by atoms with Gasteiger partial charge in [0.2, 0.25) is 5.75 Å². The van der Waals surface area contributed by atoms with Gasteiger partial charge in [-0.05, 0) is 64.1 Å². The fourth-order valence-corrected chi connectivity index (χ4v) is 2.75. The van der Waals surface area contributed by atoms with Crippen LogP contribution in [0.25, 0.3) is 0 Å². The summed E-state index contributed by atoms with van der Waals surface area (Å²) in [6, 6.07) is 10.7. The molecule has 2 aromatic rings. The van der Waals surface area contributed by atoms with Gasteiger partial charge in [-0.2, -0.15) is 0 Å².